The average Bonchev–Trinajstić information content (AvgIpc) is 3.35. The van der Waals surface area contributed by atoms with Crippen LogP contribution >= 0.6 is 0 Å². The van der Waals surface area contributed by atoms with Gasteiger partial charge >= 0.3 is 0 Å². The van der Waals surface area contributed by atoms with E-state index in [0.29, 0.717) is 23.9 Å². The van der Waals surface area contributed by atoms with Crippen molar-refractivity contribution in [3.05, 3.63) is 125 Å². The molecule has 0 bridgehead atoms. The van der Waals surface area contributed by atoms with Gasteiger partial charge in [-0.25, -0.2) is 0 Å². The number of ether oxygens (including phenoxy) is 4. The molecule has 0 fully saturated rings. The van der Waals surface area contributed by atoms with Crippen molar-refractivity contribution in [2.75, 3.05) is 13.9 Å². The highest BCUT2D eigenvalue weighted by atomic mass is 16.7. The number of fused-ring (bicyclic) bond motifs is 1. The maximum Gasteiger partial charge on any atom is 0.231 e. The van der Waals surface area contributed by atoms with E-state index >= 15 is 0 Å². The molecule has 4 nitrogen and oxygen atoms in total. The molecule has 0 aliphatic carbocycles. The molecule has 160 valence electrons. The standard InChI is InChI=1S/C28H24O4/c1-29-26-21(17-18-25-27(26)31-20-30-25)19-32-28(22-11-5-2-6-12-22,23-13-7-3-8-14-23)24-15-9-4-10-16-24/h2-18H,19-20H2,1H3. The molecule has 0 N–H and O–H groups in total. The summed E-state index contributed by atoms with van der Waals surface area (Å²) in [6.45, 7) is 0.510. The monoisotopic (exact) mass is 424 g/mol. The number of benzene rings is 4. The third-order valence-electron chi connectivity index (χ3n) is 5.76. The van der Waals surface area contributed by atoms with Gasteiger partial charge in [-0.15, -0.1) is 0 Å². The first kappa shape index (κ1) is 20.2. The Balaban J connectivity index is 1.64. The zero-order valence-electron chi connectivity index (χ0n) is 17.9. The van der Waals surface area contributed by atoms with Gasteiger partial charge in [-0.2, -0.15) is 0 Å². The molecule has 1 heterocycles. The summed E-state index contributed by atoms with van der Waals surface area (Å²) in [6.07, 6.45) is 0. The fraction of sp³-hybridized carbons (Fsp3) is 0.143. The molecule has 0 spiro atoms. The van der Waals surface area contributed by atoms with Crippen LogP contribution in [0.1, 0.15) is 22.3 Å². The lowest BCUT2D eigenvalue weighted by Gasteiger charge is -2.36. The Kier molecular flexibility index (Phi) is 5.53. The van der Waals surface area contributed by atoms with Crippen LogP contribution in [0.2, 0.25) is 0 Å². The predicted octanol–water partition coefficient (Wildman–Crippen LogP) is 5.93. The highest BCUT2D eigenvalue weighted by Gasteiger charge is 2.38. The summed E-state index contributed by atoms with van der Waals surface area (Å²) >= 11 is 0. The molecule has 4 aromatic rings. The summed E-state index contributed by atoms with van der Waals surface area (Å²) in [5.74, 6) is 1.95. The van der Waals surface area contributed by atoms with E-state index in [4.69, 9.17) is 18.9 Å². The molecule has 0 radical (unpaired) electrons. The Morgan fingerprint density at radius 3 is 1.72 bits per heavy atom. The average molecular weight is 424 g/mol. The van der Waals surface area contributed by atoms with Crippen LogP contribution < -0.4 is 14.2 Å². The van der Waals surface area contributed by atoms with Crippen molar-refractivity contribution in [2.24, 2.45) is 0 Å². The van der Waals surface area contributed by atoms with Gasteiger partial charge in [0.1, 0.15) is 5.60 Å². The summed E-state index contributed by atoms with van der Waals surface area (Å²) < 4.78 is 23.7. The Labute approximate surface area is 188 Å². The van der Waals surface area contributed by atoms with Crippen molar-refractivity contribution in [1.82, 2.24) is 0 Å². The predicted molar refractivity (Wildman–Crippen MR) is 123 cm³/mol. The summed E-state index contributed by atoms with van der Waals surface area (Å²) in [6, 6.07) is 34.8. The minimum atomic E-state index is -0.800. The van der Waals surface area contributed by atoms with Crippen molar-refractivity contribution >= 4 is 0 Å². The fourth-order valence-electron chi connectivity index (χ4n) is 4.28. The first-order valence-corrected chi connectivity index (χ1v) is 10.6. The van der Waals surface area contributed by atoms with Gasteiger partial charge in [-0.05, 0) is 28.8 Å². The molecule has 4 heteroatoms. The van der Waals surface area contributed by atoms with Crippen LogP contribution in [0.25, 0.3) is 0 Å². The number of methoxy groups -OCH3 is 1. The van der Waals surface area contributed by atoms with Gasteiger partial charge in [0.15, 0.2) is 11.5 Å². The maximum absolute atomic E-state index is 6.90. The van der Waals surface area contributed by atoms with Gasteiger partial charge in [0.2, 0.25) is 12.5 Å². The Morgan fingerprint density at radius 2 is 1.22 bits per heavy atom. The quantitative estimate of drug-likeness (QED) is 0.345. The second-order valence-corrected chi connectivity index (χ2v) is 7.56. The minimum Gasteiger partial charge on any atom is -0.492 e. The van der Waals surface area contributed by atoms with Crippen LogP contribution in [-0.2, 0) is 16.9 Å². The highest BCUT2D eigenvalue weighted by Crippen LogP contribution is 2.45. The smallest absolute Gasteiger partial charge is 0.231 e. The Hall–Kier alpha value is -3.76. The van der Waals surface area contributed by atoms with E-state index in [1.54, 1.807) is 7.11 Å². The van der Waals surface area contributed by atoms with Crippen molar-refractivity contribution in [3.8, 4) is 17.2 Å². The molecule has 1 aliphatic rings. The molecule has 1 aliphatic heterocycles. The van der Waals surface area contributed by atoms with Crippen LogP contribution in [0.4, 0.5) is 0 Å². The van der Waals surface area contributed by atoms with E-state index in [9.17, 15) is 0 Å². The molecule has 5 rings (SSSR count). The van der Waals surface area contributed by atoms with Crippen LogP contribution in [0, 0.1) is 0 Å². The summed E-state index contributed by atoms with van der Waals surface area (Å²) in [7, 11) is 1.64. The highest BCUT2D eigenvalue weighted by molar-refractivity contribution is 5.57. The summed E-state index contributed by atoms with van der Waals surface area (Å²) in [5.41, 5.74) is 3.25. The molecule has 0 amide bonds. The van der Waals surface area contributed by atoms with Gasteiger partial charge in [-0.1, -0.05) is 91.0 Å². The Morgan fingerprint density at radius 1 is 0.688 bits per heavy atom. The first-order valence-electron chi connectivity index (χ1n) is 10.6. The fourth-order valence-corrected chi connectivity index (χ4v) is 4.28. The zero-order valence-corrected chi connectivity index (χ0v) is 17.9. The van der Waals surface area contributed by atoms with E-state index in [1.165, 1.54) is 0 Å². The maximum atomic E-state index is 6.90. The molecule has 32 heavy (non-hydrogen) atoms. The largest absolute Gasteiger partial charge is 0.492 e. The molecule has 0 aromatic heterocycles. The van der Waals surface area contributed by atoms with Crippen molar-refractivity contribution in [3.63, 3.8) is 0 Å². The first-order chi connectivity index (χ1) is 15.8. The van der Waals surface area contributed by atoms with E-state index in [0.717, 1.165) is 22.3 Å². The lowest BCUT2D eigenvalue weighted by atomic mass is 9.80. The van der Waals surface area contributed by atoms with E-state index in [2.05, 4.69) is 36.4 Å². The van der Waals surface area contributed by atoms with E-state index in [1.807, 2.05) is 66.7 Å². The molecule has 4 aromatic carbocycles. The minimum absolute atomic E-state index is 0.192. The normalized spacial score (nSPS) is 12.5. The van der Waals surface area contributed by atoms with Crippen LogP contribution in [-0.4, -0.2) is 13.9 Å². The molecule has 0 unspecified atom stereocenters. The second-order valence-electron chi connectivity index (χ2n) is 7.56. The van der Waals surface area contributed by atoms with Crippen molar-refractivity contribution in [1.29, 1.82) is 0 Å². The summed E-state index contributed by atoms with van der Waals surface area (Å²) in [4.78, 5) is 0. The number of hydrogen-bond donors (Lipinski definition) is 0. The second kappa shape index (κ2) is 8.77. The van der Waals surface area contributed by atoms with Crippen molar-refractivity contribution in [2.45, 2.75) is 12.2 Å². The molecular formula is C28H24O4. The number of hydrogen-bond acceptors (Lipinski definition) is 4. The van der Waals surface area contributed by atoms with Crippen LogP contribution in [0.3, 0.4) is 0 Å². The van der Waals surface area contributed by atoms with E-state index in [-0.39, 0.29) is 6.79 Å². The lowest BCUT2D eigenvalue weighted by molar-refractivity contribution is -0.000668. The SMILES string of the molecule is COc1c(COC(c2ccccc2)(c2ccccc2)c2ccccc2)ccc2c1OCO2. The Bertz CT molecular complexity index is 1080. The summed E-state index contributed by atoms with van der Waals surface area (Å²) in [5, 5.41) is 0. The van der Waals surface area contributed by atoms with Gasteiger partial charge in [0.25, 0.3) is 0 Å². The van der Waals surface area contributed by atoms with Gasteiger partial charge in [0, 0.05) is 5.56 Å². The van der Waals surface area contributed by atoms with E-state index < -0.39 is 5.60 Å². The third kappa shape index (κ3) is 3.49. The molecular weight excluding hydrogens is 400 g/mol. The van der Waals surface area contributed by atoms with Crippen LogP contribution in [0.5, 0.6) is 17.2 Å². The molecule has 0 atom stereocenters. The van der Waals surface area contributed by atoms with Gasteiger partial charge < -0.3 is 18.9 Å². The van der Waals surface area contributed by atoms with Gasteiger partial charge in [-0.3, -0.25) is 0 Å². The molecule has 0 saturated carbocycles. The lowest BCUT2D eigenvalue weighted by Crippen LogP contribution is -2.32. The van der Waals surface area contributed by atoms with Crippen LogP contribution in [0.15, 0.2) is 103 Å². The van der Waals surface area contributed by atoms with Crippen molar-refractivity contribution < 1.29 is 18.9 Å². The third-order valence-corrected chi connectivity index (χ3v) is 5.76. The zero-order chi connectivity index (χ0) is 21.8. The van der Waals surface area contributed by atoms with Gasteiger partial charge in [0.05, 0.1) is 13.7 Å². The number of rotatable bonds is 7. The molecule has 0 saturated heterocycles. The topological polar surface area (TPSA) is 36.9 Å².